The van der Waals surface area contributed by atoms with E-state index in [1.54, 1.807) is 11.6 Å². The topological polar surface area (TPSA) is 65.6 Å². The van der Waals surface area contributed by atoms with Crippen molar-refractivity contribution in [3.63, 3.8) is 0 Å². The fourth-order valence-corrected chi connectivity index (χ4v) is 3.37. The second-order valence-electron chi connectivity index (χ2n) is 5.84. The highest BCUT2D eigenvalue weighted by atomic mass is 32.2. The lowest BCUT2D eigenvalue weighted by Gasteiger charge is -2.12. The van der Waals surface area contributed by atoms with E-state index in [0.717, 1.165) is 17.4 Å². The van der Waals surface area contributed by atoms with Crippen LogP contribution in [0.3, 0.4) is 0 Å². The Morgan fingerprint density at radius 3 is 2.71 bits per heavy atom. The molecule has 1 fully saturated rings. The number of aryl methyl sites for hydroxylation is 1. The average Bonchev–Trinajstić information content (AvgIpc) is 3.17. The molecule has 0 aliphatic heterocycles. The zero-order valence-corrected chi connectivity index (χ0v) is 14.0. The third kappa shape index (κ3) is 3.63. The SMILES string of the molecule is Cc1cc(C(=O)CSc2nnnn2C2CC2)c(C)n1CC(F)(F)F. The molecule has 0 unspecified atom stereocenters. The predicted molar refractivity (Wildman–Crippen MR) is 81.1 cm³/mol. The zero-order valence-electron chi connectivity index (χ0n) is 13.2. The summed E-state index contributed by atoms with van der Waals surface area (Å²) in [7, 11) is 0. The Morgan fingerprint density at radius 1 is 1.38 bits per heavy atom. The van der Waals surface area contributed by atoms with Crippen LogP contribution in [0.1, 0.15) is 40.6 Å². The van der Waals surface area contributed by atoms with Crippen LogP contribution in [-0.4, -0.2) is 42.5 Å². The standard InChI is InChI=1S/C14H16F3N5OS/c1-8-5-11(9(2)21(8)7-14(15,16)17)12(23)6-24-13-18-19-20-22(13)10-3-4-10/h5,10H,3-4,6-7H2,1-2H3. The quantitative estimate of drug-likeness (QED) is 0.586. The number of Topliss-reactive ketones (excluding diaryl/α,β-unsaturated/α-hetero) is 1. The normalized spacial score (nSPS) is 15.0. The smallest absolute Gasteiger partial charge is 0.339 e. The molecule has 0 spiro atoms. The Balaban J connectivity index is 1.71. The van der Waals surface area contributed by atoms with Gasteiger partial charge in [-0.3, -0.25) is 4.79 Å². The van der Waals surface area contributed by atoms with Gasteiger partial charge in [-0.2, -0.15) is 13.2 Å². The number of thioether (sulfide) groups is 1. The molecule has 2 aromatic heterocycles. The number of hydrogen-bond donors (Lipinski definition) is 0. The fraction of sp³-hybridized carbons (Fsp3) is 0.571. The van der Waals surface area contributed by atoms with Gasteiger partial charge in [-0.1, -0.05) is 11.8 Å². The lowest BCUT2D eigenvalue weighted by atomic mass is 10.2. The second-order valence-corrected chi connectivity index (χ2v) is 6.78. The van der Waals surface area contributed by atoms with Gasteiger partial charge in [0.15, 0.2) is 5.78 Å². The number of rotatable bonds is 6. The van der Waals surface area contributed by atoms with Crippen molar-refractivity contribution in [2.75, 3.05) is 5.75 Å². The Morgan fingerprint density at radius 2 is 2.08 bits per heavy atom. The molecule has 24 heavy (non-hydrogen) atoms. The molecule has 3 rings (SSSR count). The van der Waals surface area contributed by atoms with E-state index in [1.807, 2.05) is 0 Å². The summed E-state index contributed by atoms with van der Waals surface area (Å²) >= 11 is 1.21. The van der Waals surface area contributed by atoms with Gasteiger partial charge >= 0.3 is 6.18 Å². The van der Waals surface area contributed by atoms with Crippen molar-refractivity contribution in [1.82, 2.24) is 24.8 Å². The van der Waals surface area contributed by atoms with Gasteiger partial charge in [-0.25, -0.2) is 4.68 Å². The van der Waals surface area contributed by atoms with Crippen molar-refractivity contribution in [2.45, 2.75) is 50.6 Å². The van der Waals surface area contributed by atoms with Crippen molar-refractivity contribution in [3.8, 4) is 0 Å². The zero-order chi connectivity index (χ0) is 17.5. The lowest BCUT2D eigenvalue weighted by Crippen LogP contribution is -2.19. The molecular formula is C14H16F3N5OS. The van der Waals surface area contributed by atoms with Crippen LogP contribution in [0.25, 0.3) is 0 Å². The van der Waals surface area contributed by atoms with Gasteiger partial charge in [-0.15, -0.1) is 5.10 Å². The minimum absolute atomic E-state index is 0.0867. The maximum Gasteiger partial charge on any atom is 0.406 e. The Kier molecular flexibility index (Phi) is 4.41. The van der Waals surface area contributed by atoms with Gasteiger partial charge in [0.1, 0.15) is 6.54 Å². The Labute approximate surface area is 140 Å². The molecule has 10 heteroatoms. The number of halogens is 3. The summed E-state index contributed by atoms with van der Waals surface area (Å²) in [4.78, 5) is 12.4. The summed E-state index contributed by atoms with van der Waals surface area (Å²) in [6.45, 7) is 2.01. The summed E-state index contributed by atoms with van der Waals surface area (Å²) in [6, 6.07) is 1.81. The first kappa shape index (κ1) is 17.0. The van der Waals surface area contributed by atoms with E-state index in [-0.39, 0.29) is 11.5 Å². The first-order chi connectivity index (χ1) is 11.3. The predicted octanol–water partition coefficient (Wildman–Crippen LogP) is 2.96. The van der Waals surface area contributed by atoms with Gasteiger partial charge in [0.2, 0.25) is 5.16 Å². The molecule has 0 N–H and O–H groups in total. The number of carbonyl (C=O) groups excluding carboxylic acids is 1. The summed E-state index contributed by atoms with van der Waals surface area (Å²) < 4.78 is 40.7. The minimum Gasteiger partial charge on any atom is -0.339 e. The lowest BCUT2D eigenvalue weighted by molar-refractivity contribution is -0.141. The van der Waals surface area contributed by atoms with Crippen LogP contribution in [0.2, 0.25) is 0 Å². The van der Waals surface area contributed by atoms with Crippen molar-refractivity contribution in [1.29, 1.82) is 0 Å². The van der Waals surface area contributed by atoms with Gasteiger partial charge in [0.25, 0.3) is 0 Å². The fourth-order valence-electron chi connectivity index (χ4n) is 2.54. The molecule has 2 aromatic rings. The molecular weight excluding hydrogens is 343 g/mol. The van der Waals surface area contributed by atoms with Gasteiger partial charge in [0.05, 0.1) is 11.8 Å². The summed E-state index contributed by atoms with van der Waals surface area (Å²) in [5, 5.41) is 12.0. The first-order valence-corrected chi connectivity index (χ1v) is 8.42. The number of ketones is 1. The van der Waals surface area contributed by atoms with E-state index in [0.29, 0.717) is 28.1 Å². The number of carbonyl (C=O) groups is 1. The third-order valence-electron chi connectivity index (χ3n) is 3.90. The number of hydrogen-bond acceptors (Lipinski definition) is 5. The van der Waals surface area contributed by atoms with Crippen LogP contribution >= 0.6 is 11.8 Å². The molecule has 0 aromatic carbocycles. The molecule has 2 heterocycles. The average molecular weight is 359 g/mol. The molecule has 6 nitrogen and oxygen atoms in total. The van der Waals surface area contributed by atoms with Crippen molar-refractivity contribution in [2.24, 2.45) is 0 Å². The maximum atomic E-state index is 12.6. The summed E-state index contributed by atoms with van der Waals surface area (Å²) in [6.07, 6.45) is -2.29. The van der Waals surface area contributed by atoms with Crippen molar-refractivity contribution >= 4 is 17.5 Å². The highest BCUT2D eigenvalue weighted by Crippen LogP contribution is 2.36. The highest BCUT2D eigenvalue weighted by molar-refractivity contribution is 7.99. The highest BCUT2D eigenvalue weighted by Gasteiger charge is 2.31. The molecule has 1 aliphatic rings. The molecule has 0 amide bonds. The van der Waals surface area contributed by atoms with Crippen LogP contribution in [-0.2, 0) is 6.54 Å². The molecule has 130 valence electrons. The first-order valence-electron chi connectivity index (χ1n) is 7.43. The van der Waals surface area contributed by atoms with Crippen LogP contribution in [0.4, 0.5) is 13.2 Å². The summed E-state index contributed by atoms with van der Waals surface area (Å²) in [5.74, 6) is -0.143. The molecule has 0 saturated heterocycles. The van der Waals surface area contributed by atoms with E-state index in [4.69, 9.17) is 0 Å². The van der Waals surface area contributed by atoms with Crippen LogP contribution in [0.15, 0.2) is 11.2 Å². The van der Waals surface area contributed by atoms with Crippen LogP contribution in [0.5, 0.6) is 0 Å². The van der Waals surface area contributed by atoms with Gasteiger partial charge < -0.3 is 4.57 Å². The minimum atomic E-state index is -4.32. The maximum absolute atomic E-state index is 12.6. The van der Waals surface area contributed by atoms with Crippen LogP contribution < -0.4 is 0 Å². The summed E-state index contributed by atoms with van der Waals surface area (Å²) in [5.41, 5.74) is 1.06. The van der Waals surface area contributed by atoms with E-state index in [1.165, 1.54) is 24.8 Å². The van der Waals surface area contributed by atoms with Crippen molar-refractivity contribution < 1.29 is 18.0 Å². The Bertz CT molecular complexity index is 763. The van der Waals surface area contributed by atoms with E-state index in [9.17, 15) is 18.0 Å². The van der Waals surface area contributed by atoms with E-state index >= 15 is 0 Å². The third-order valence-corrected chi connectivity index (χ3v) is 4.83. The molecule has 1 saturated carbocycles. The number of tetrazole rings is 1. The number of aromatic nitrogens is 5. The molecule has 0 radical (unpaired) electrons. The van der Waals surface area contributed by atoms with E-state index < -0.39 is 12.7 Å². The largest absolute Gasteiger partial charge is 0.406 e. The van der Waals surface area contributed by atoms with Crippen molar-refractivity contribution in [3.05, 3.63) is 23.0 Å². The monoisotopic (exact) mass is 359 g/mol. The van der Waals surface area contributed by atoms with E-state index in [2.05, 4.69) is 15.5 Å². The van der Waals surface area contributed by atoms with Gasteiger partial charge in [0, 0.05) is 17.0 Å². The number of nitrogens with zero attached hydrogens (tertiary/aromatic N) is 5. The second kappa shape index (κ2) is 6.23. The van der Waals surface area contributed by atoms with Gasteiger partial charge in [-0.05, 0) is 43.2 Å². The molecule has 0 atom stereocenters. The molecule has 0 bridgehead atoms. The number of alkyl halides is 3. The van der Waals surface area contributed by atoms with Crippen LogP contribution in [0, 0.1) is 13.8 Å². The molecule has 1 aliphatic carbocycles. The Hall–Kier alpha value is -1.84.